The fourth-order valence-corrected chi connectivity index (χ4v) is 1.43. The van der Waals surface area contributed by atoms with Crippen molar-refractivity contribution in [1.29, 1.82) is 0 Å². The highest BCUT2D eigenvalue weighted by Crippen LogP contribution is 2.30. The molecule has 0 aliphatic rings. The average molecular weight is 313 g/mol. The Morgan fingerprint density at radius 3 is 2.50 bits per heavy atom. The predicted molar refractivity (Wildman–Crippen MR) is 57.7 cm³/mol. The molecular weight excluding hydrogens is 306 g/mol. The Labute approximate surface area is 93.2 Å². The second-order valence-corrected chi connectivity index (χ2v) is 3.78. The van der Waals surface area contributed by atoms with E-state index >= 15 is 0 Å². The molecule has 1 rings (SSSR count). The van der Waals surface area contributed by atoms with Gasteiger partial charge < -0.3 is 0 Å². The Morgan fingerprint density at radius 1 is 1.36 bits per heavy atom. The molecule has 0 amide bonds. The molecule has 0 saturated carbocycles. The minimum Gasteiger partial charge on any atom is -0.296 e. The van der Waals surface area contributed by atoms with Crippen molar-refractivity contribution in [3.8, 4) is 0 Å². The molecule has 1 aromatic carbocycles. The van der Waals surface area contributed by atoms with Crippen LogP contribution in [0, 0.1) is 3.57 Å². The molecule has 0 radical (unpaired) electrons. The molecule has 0 N–H and O–H groups in total. The summed E-state index contributed by atoms with van der Waals surface area (Å²) in [5.41, 5.74) is -0.157. The van der Waals surface area contributed by atoms with Crippen LogP contribution in [-0.2, 0) is 6.18 Å². The van der Waals surface area contributed by atoms with Crippen molar-refractivity contribution in [3.63, 3.8) is 0 Å². The number of halogens is 4. The molecule has 1 aromatic rings. The van der Waals surface area contributed by atoms with E-state index in [-0.39, 0.29) is 0 Å². The summed E-state index contributed by atoms with van der Waals surface area (Å²) >= 11 is 1.97. The second-order valence-electron chi connectivity index (χ2n) is 2.62. The van der Waals surface area contributed by atoms with Gasteiger partial charge in [0.1, 0.15) is 0 Å². The molecule has 5 heteroatoms. The fraction of sp³-hybridized carbons (Fsp3) is 0.222. The number of aliphatic imine (C=N–C) groups is 1. The molecular formula is C9H7F3IN. The number of alkyl halides is 3. The average Bonchev–Trinajstić information content (AvgIpc) is 2.07. The molecule has 1 nitrogen and oxygen atoms in total. The third-order valence-electron chi connectivity index (χ3n) is 1.59. The fourth-order valence-electron chi connectivity index (χ4n) is 0.958. The molecule has 0 saturated heterocycles. The Hall–Kier alpha value is -0.590. The first kappa shape index (κ1) is 11.5. The van der Waals surface area contributed by atoms with Gasteiger partial charge in [0.05, 0.1) is 5.56 Å². The van der Waals surface area contributed by atoms with Crippen LogP contribution in [0.5, 0.6) is 0 Å². The van der Waals surface area contributed by atoms with Gasteiger partial charge in [-0.15, -0.1) is 0 Å². The van der Waals surface area contributed by atoms with Gasteiger partial charge in [0.25, 0.3) is 0 Å². The zero-order valence-corrected chi connectivity index (χ0v) is 9.43. The molecule has 0 spiro atoms. The van der Waals surface area contributed by atoms with Gasteiger partial charge in [0, 0.05) is 22.4 Å². The Bertz CT molecular complexity index is 358. The van der Waals surface area contributed by atoms with Crippen molar-refractivity contribution in [2.24, 2.45) is 4.99 Å². The smallest absolute Gasteiger partial charge is 0.296 e. The number of benzene rings is 1. The predicted octanol–water partition coefficient (Wildman–Crippen LogP) is 3.36. The van der Waals surface area contributed by atoms with Gasteiger partial charge in [-0.25, -0.2) is 0 Å². The van der Waals surface area contributed by atoms with E-state index in [0.717, 1.165) is 15.7 Å². The maximum atomic E-state index is 12.3. The van der Waals surface area contributed by atoms with Crippen molar-refractivity contribution < 1.29 is 13.2 Å². The molecule has 0 aliphatic heterocycles. The van der Waals surface area contributed by atoms with E-state index < -0.39 is 11.7 Å². The van der Waals surface area contributed by atoms with E-state index in [0.29, 0.717) is 5.56 Å². The number of hydrogen-bond acceptors (Lipinski definition) is 1. The molecule has 0 aliphatic carbocycles. The summed E-state index contributed by atoms with van der Waals surface area (Å²) in [7, 11) is 1.52. The monoisotopic (exact) mass is 313 g/mol. The standard InChI is InChI=1S/C9H7F3IN/c1-14-5-6-4-7(9(10,11)12)2-3-8(6)13/h2-5H,1H3. The maximum absolute atomic E-state index is 12.3. The van der Waals surface area contributed by atoms with Gasteiger partial charge in [0.2, 0.25) is 0 Å². The van der Waals surface area contributed by atoms with Crippen LogP contribution in [0.4, 0.5) is 13.2 Å². The Kier molecular flexibility index (Phi) is 3.52. The Morgan fingerprint density at radius 2 is 2.00 bits per heavy atom. The van der Waals surface area contributed by atoms with Crippen LogP contribution in [0.2, 0.25) is 0 Å². The van der Waals surface area contributed by atoms with Crippen molar-refractivity contribution in [3.05, 3.63) is 32.9 Å². The van der Waals surface area contributed by atoms with Crippen LogP contribution in [-0.4, -0.2) is 13.3 Å². The lowest BCUT2D eigenvalue weighted by atomic mass is 10.1. The minimum atomic E-state index is -4.29. The summed E-state index contributed by atoms with van der Waals surface area (Å²) in [6.45, 7) is 0. The molecule has 0 heterocycles. The number of hydrogen-bond donors (Lipinski definition) is 0. The summed E-state index contributed by atoms with van der Waals surface area (Å²) in [6.07, 6.45) is -2.88. The highest BCUT2D eigenvalue weighted by Gasteiger charge is 2.30. The van der Waals surface area contributed by atoms with Crippen molar-refractivity contribution in [2.75, 3.05) is 7.05 Å². The van der Waals surface area contributed by atoms with Crippen LogP contribution in [0.15, 0.2) is 23.2 Å². The van der Waals surface area contributed by atoms with E-state index in [1.54, 1.807) is 0 Å². The zero-order valence-electron chi connectivity index (χ0n) is 7.27. The molecule has 14 heavy (non-hydrogen) atoms. The van der Waals surface area contributed by atoms with Gasteiger partial charge in [-0.3, -0.25) is 4.99 Å². The summed E-state index contributed by atoms with van der Waals surface area (Å²) in [5, 5.41) is 0. The van der Waals surface area contributed by atoms with Crippen molar-refractivity contribution in [1.82, 2.24) is 0 Å². The van der Waals surface area contributed by atoms with Gasteiger partial charge in [0.15, 0.2) is 0 Å². The largest absolute Gasteiger partial charge is 0.416 e. The van der Waals surface area contributed by atoms with Crippen LogP contribution < -0.4 is 0 Å². The number of nitrogens with zero attached hydrogens (tertiary/aromatic N) is 1. The first-order chi connectivity index (χ1) is 6.45. The van der Waals surface area contributed by atoms with Gasteiger partial charge in [-0.2, -0.15) is 13.2 Å². The molecule has 0 unspecified atom stereocenters. The second kappa shape index (κ2) is 4.29. The third-order valence-corrected chi connectivity index (χ3v) is 2.57. The van der Waals surface area contributed by atoms with E-state index in [1.165, 1.54) is 19.3 Å². The molecule has 76 valence electrons. The Balaban J connectivity index is 3.19. The van der Waals surface area contributed by atoms with E-state index in [1.807, 2.05) is 22.6 Å². The SMILES string of the molecule is CN=Cc1cc(C(F)(F)F)ccc1I. The van der Waals surface area contributed by atoms with Crippen LogP contribution in [0.1, 0.15) is 11.1 Å². The quantitative estimate of drug-likeness (QED) is 0.557. The lowest BCUT2D eigenvalue weighted by Gasteiger charge is -2.07. The molecule has 0 fully saturated rings. The van der Waals surface area contributed by atoms with E-state index in [2.05, 4.69) is 4.99 Å². The molecule has 0 bridgehead atoms. The summed E-state index contributed by atoms with van der Waals surface area (Å²) < 4.78 is 37.6. The highest BCUT2D eigenvalue weighted by atomic mass is 127. The maximum Gasteiger partial charge on any atom is 0.416 e. The van der Waals surface area contributed by atoms with Gasteiger partial charge in [-0.05, 0) is 40.8 Å². The normalized spacial score (nSPS) is 12.4. The van der Waals surface area contributed by atoms with Crippen molar-refractivity contribution in [2.45, 2.75) is 6.18 Å². The topological polar surface area (TPSA) is 12.4 Å². The summed E-state index contributed by atoms with van der Waals surface area (Å²) in [6, 6.07) is 3.59. The van der Waals surface area contributed by atoms with Crippen LogP contribution >= 0.6 is 22.6 Å². The lowest BCUT2D eigenvalue weighted by Crippen LogP contribution is -2.06. The number of rotatable bonds is 1. The van der Waals surface area contributed by atoms with E-state index in [4.69, 9.17) is 0 Å². The molecule has 0 atom stereocenters. The third kappa shape index (κ3) is 2.70. The van der Waals surface area contributed by atoms with Gasteiger partial charge in [-0.1, -0.05) is 0 Å². The minimum absolute atomic E-state index is 0.489. The molecule has 0 aromatic heterocycles. The first-order valence-electron chi connectivity index (χ1n) is 3.74. The lowest BCUT2D eigenvalue weighted by molar-refractivity contribution is -0.137. The van der Waals surface area contributed by atoms with E-state index in [9.17, 15) is 13.2 Å². The van der Waals surface area contributed by atoms with Crippen LogP contribution in [0.3, 0.4) is 0 Å². The summed E-state index contributed by atoms with van der Waals surface area (Å²) in [5.74, 6) is 0. The highest BCUT2D eigenvalue weighted by molar-refractivity contribution is 14.1. The van der Waals surface area contributed by atoms with Crippen molar-refractivity contribution >= 4 is 28.8 Å². The summed E-state index contributed by atoms with van der Waals surface area (Å²) in [4.78, 5) is 3.69. The van der Waals surface area contributed by atoms with Gasteiger partial charge >= 0.3 is 6.18 Å². The first-order valence-corrected chi connectivity index (χ1v) is 4.82. The van der Waals surface area contributed by atoms with Crippen LogP contribution in [0.25, 0.3) is 0 Å². The zero-order chi connectivity index (χ0) is 10.8.